The van der Waals surface area contributed by atoms with E-state index in [4.69, 9.17) is 11.5 Å². The normalized spacial score (nSPS) is 14.9. The number of halogens is 2. The van der Waals surface area contributed by atoms with Gasteiger partial charge in [0.15, 0.2) is 0 Å². The van der Waals surface area contributed by atoms with Gasteiger partial charge in [0.05, 0.1) is 11.4 Å². The number of para-hydroxylation sites is 2. The van der Waals surface area contributed by atoms with Crippen LogP contribution in [0.5, 0.6) is 0 Å². The Bertz CT molecular complexity index is 796. The number of benzene rings is 2. The number of hydrogen-bond donors (Lipinski definition) is 3. The molecule has 1 fully saturated rings. The van der Waals surface area contributed by atoms with Gasteiger partial charge in [-0.1, -0.05) is 42.5 Å². The fraction of sp³-hybridized carbons (Fsp3) is 0.333. The summed E-state index contributed by atoms with van der Waals surface area (Å²) in [6.45, 7) is 1.48. The first kappa shape index (κ1) is 24.8. The van der Waals surface area contributed by atoms with Crippen LogP contribution < -0.4 is 21.7 Å². The number of nitrogens with zero attached hydrogens (tertiary/aromatic N) is 1. The average molecular weight is 439 g/mol. The minimum Gasteiger partial charge on any atom is -0.370 e. The highest BCUT2D eigenvalue weighted by atomic mass is 35.5. The van der Waals surface area contributed by atoms with Gasteiger partial charge in [0.1, 0.15) is 0 Å². The Morgan fingerprint density at radius 2 is 1.59 bits per heavy atom. The first-order chi connectivity index (χ1) is 13.0. The molecule has 0 radical (unpaired) electrons. The van der Waals surface area contributed by atoms with Gasteiger partial charge in [0, 0.05) is 31.5 Å². The van der Waals surface area contributed by atoms with E-state index in [0.29, 0.717) is 0 Å². The van der Waals surface area contributed by atoms with Crippen LogP contribution in [0.2, 0.25) is 0 Å². The Kier molecular flexibility index (Phi) is 9.95. The number of amides is 2. The predicted octanol–water partition coefficient (Wildman–Crippen LogP) is 3.26. The molecule has 0 aromatic heterocycles. The van der Waals surface area contributed by atoms with Crippen molar-refractivity contribution in [3.8, 4) is 0 Å². The van der Waals surface area contributed by atoms with Gasteiger partial charge in [-0.3, -0.25) is 9.59 Å². The second-order valence-corrected chi connectivity index (χ2v) is 6.95. The van der Waals surface area contributed by atoms with Gasteiger partial charge in [0.25, 0.3) is 0 Å². The second-order valence-electron chi connectivity index (χ2n) is 6.95. The fourth-order valence-electron chi connectivity index (χ4n) is 3.48. The molecule has 6 nitrogen and oxygen atoms in total. The van der Waals surface area contributed by atoms with E-state index in [1.807, 2.05) is 54.6 Å². The van der Waals surface area contributed by atoms with E-state index < -0.39 is 0 Å². The number of nitrogens with one attached hydrogen (secondary N) is 1. The summed E-state index contributed by atoms with van der Waals surface area (Å²) < 4.78 is 0. The molecule has 0 spiro atoms. The van der Waals surface area contributed by atoms with Gasteiger partial charge in [-0.25, -0.2) is 0 Å². The lowest BCUT2D eigenvalue weighted by Gasteiger charge is -2.33. The van der Waals surface area contributed by atoms with Gasteiger partial charge in [-0.2, -0.15) is 0 Å². The zero-order valence-corrected chi connectivity index (χ0v) is 17.8. The molecule has 5 N–H and O–H groups in total. The van der Waals surface area contributed by atoms with Crippen molar-refractivity contribution in [2.24, 2.45) is 17.4 Å². The molecular formula is C21H28Cl2N4O2. The van der Waals surface area contributed by atoms with Crippen molar-refractivity contribution < 1.29 is 9.59 Å². The summed E-state index contributed by atoms with van der Waals surface area (Å²) in [6.07, 6.45) is 1.68. The Labute approximate surface area is 183 Å². The van der Waals surface area contributed by atoms with Crippen molar-refractivity contribution in [1.82, 2.24) is 0 Å². The summed E-state index contributed by atoms with van der Waals surface area (Å²) in [7, 11) is 0. The second kappa shape index (κ2) is 11.7. The third-order valence-corrected chi connectivity index (χ3v) is 5.05. The SMILES string of the molecule is Cl.Cl.NC(=O)C1CCN(c2ccccc2NC(=O)CC(N)c2ccccc2)CC1. The van der Waals surface area contributed by atoms with Crippen LogP contribution in [0.1, 0.15) is 30.9 Å². The third-order valence-electron chi connectivity index (χ3n) is 5.05. The highest BCUT2D eigenvalue weighted by molar-refractivity contribution is 5.94. The lowest BCUT2D eigenvalue weighted by atomic mass is 9.96. The molecule has 29 heavy (non-hydrogen) atoms. The van der Waals surface area contributed by atoms with Crippen LogP contribution in [0.4, 0.5) is 11.4 Å². The molecule has 1 saturated heterocycles. The van der Waals surface area contributed by atoms with E-state index in [1.165, 1.54) is 0 Å². The van der Waals surface area contributed by atoms with E-state index >= 15 is 0 Å². The van der Waals surface area contributed by atoms with Crippen LogP contribution in [-0.4, -0.2) is 24.9 Å². The predicted molar refractivity (Wildman–Crippen MR) is 122 cm³/mol. The number of rotatable bonds is 6. The molecule has 1 heterocycles. The third kappa shape index (κ3) is 6.63. The standard InChI is InChI=1S/C21H26N4O2.2ClH/c22-17(15-6-2-1-3-7-15)14-20(26)24-18-8-4-5-9-19(18)25-12-10-16(11-13-25)21(23)27;;/h1-9,16-17H,10-14,22H2,(H2,23,27)(H,24,26);2*1H. The number of piperidine rings is 1. The van der Waals surface area contributed by atoms with Crippen molar-refractivity contribution >= 4 is 48.0 Å². The largest absolute Gasteiger partial charge is 0.370 e. The maximum atomic E-state index is 12.5. The van der Waals surface area contributed by atoms with Crippen LogP contribution in [0.3, 0.4) is 0 Å². The Hall–Kier alpha value is -2.28. The average Bonchev–Trinajstić information content (AvgIpc) is 2.69. The van der Waals surface area contributed by atoms with Crippen LogP contribution in [0, 0.1) is 5.92 Å². The lowest BCUT2D eigenvalue weighted by molar-refractivity contribution is -0.122. The molecule has 1 aliphatic rings. The molecule has 0 bridgehead atoms. The van der Waals surface area contributed by atoms with Gasteiger partial charge < -0.3 is 21.7 Å². The van der Waals surface area contributed by atoms with E-state index in [1.54, 1.807) is 0 Å². The van der Waals surface area contributed by atoms with Gasteiger partial charge >= 0.3 is 0 Å². The minimum atomic E-state index is -0.343. The maximum Gasteiger partial charge on any atom is 0.226 e. The molecule has 0 saturated carbocycles. The number of anilines is 2. The highest BCUT2D eigenvalue weighted by Gasteiger charge is 2.24. The van der Waals surface area contributed by atoms with E-state index in [-0.39, 0.29) is 55.0 Å². The minimum absolute atomic E-state index is 0. The Balaban J connectivity index is 0.00000210. The lowest BCUT2D eigenvalue weighted by Crippen LogP contribution is -2.39. The number of primary amides is 1. The number of carbonyl (C=O) groups excluding carboxylic acids is 2. The molecule has 1 aliphatic heterocycles. The van der Waals surface area contributed by atoms with E-state index in [0.717, 1.165) is 42.9 Å². The maximum absolute atomic E-state index is 12.5. The molecule has 1 unspecified atom stereocenters. The van der Waals surface area contributed by atoms with Crippen LogP contribution >= 0.6 is 24.8 Å². The molecule has 1 atom stereocenters. The van der Waals surface area contributed by atoms with Gasteiger partial charge in [-0.05, 0) is 30.5 Å². The molecule has 158 valence electrons. The number of carbonyl (C=O) groups is 2. The van der Waals surface area contributed by atoms with Crippen molar-refractivity contribution in [3.05, 3.63) is 60.2 Å². The van der Waals surface area contributed by atoms with Crippen LogP contribution in [-0.2, 0) is 9.59 Å². The first-order valence-corrected chi connectivity index (χ1v) is 9.28. The highest BCUT2D eigenvalue weighted by Crippen LogP contribution is 2.30. The first-order valence-electron chi connectivity index (χ1n) is 9.28. The molecule has 2 amide bonds. The zero-order valence-electron chi connectivity index (χ0n) is 16.1. The summed E-state index contributed by atoms with van der Waals surface area (Å²) in [6, 6.07) is 17.0. The smallest absolute Gasteiger partial charge is 0.226 e. The molecule has 3 rings (SSSR count). The Morgan fingerprint density at radius 1 is 1.00 bits per heavy atom. The zero-order chi connectivity index (χ0) is 19.2. The van der Waals surface area contributed by atoms with Gasteiger partial charge in [-0.15, -0.1) is 24.8 Å². The summed E-state index contributed by atoms with van der Waals surface area (Å²) in [5.74, 6) is -0.413. The van der Waals surface area contributed by atoms with Crippen molar-refractivity contribution in [2.75, 3.05) is 23.3 Å². The number of hydrogen-bond acceptors (Lipinski definition) is 4. The van der Waals surface area contributed by atoms with Crippen LogP contribution in [0.25, 0.3) is 0 Å². The van der Waals surface area contributed by atoms with E-state index in [2.05, 4.69) is 10.2 Å². The summed E-state index contributed by atoms with van der Waals surface area (Å²) in [5.41, 5.74) is 14.2. The molecule has 2 aromatic rings. The quantitative estimate of drug-likeness (QED) is 0.643. The summed E-state index contributed by atoms with van der Waals surface area (Å²) >= 11 is 0. The van der Waals surface area contributed by atoms with E-state index in [9.17, 15) is 9.59 Å². The summed E-state index contributed by atoms with van der Waals surface area (Å²) in [5, 5.41) is 2.99. The van der Waals surface area contributed by atoms with Crippen molar-refractivity contribution in [3.63, 3.8) is 0 Å². The Morgan fingerprint density at radius 3 is 2.21 bits per heavy atom. The summed E-state index contributed by atoms with van der Waals surface area (Å²) in [4.78, 5) is 26.1. The molecule has 8 heteroatoms. The van der Waals surface area contributed by atoms with Crippen molar-refractivity contribution in [1.29, 1.82) is 0 Å². The van der Waals surface area contributed by atoms with Crippen LogP contribution in [0.15, 0.2) is 54.6 Å². The fourth-order valence-corrected chi connectivity index (χ4v) is 3.48. The molecule has 0 aliphatic carbocycles. The number of nitrogens with two attached hydrogens (primary N) is 2. The topological polar surface area (TPSA) is 101 Å². The molecule has 2 aromatic carbocycles. The monoisotopic (exact) mass is 438 g/mol. The molecular weight excluding hydrogens is 411 g/mol. The van der Waals surface area contributed by atoms with Crippen molar-refractivity contribution in [2.45, 2.75) is 25.3 Å². The van der Waals surface area contributed by atoms with Gasteiger partial charge in [0.2, 0.25) is 11.8 Å².